The highest BCUT2D eigenvalue weighted by Gasteiger charge is 2.33. The third-order valence-electron chi connectivity index (χ3n) is 3.81. The van der Waals surface area contributed by atoms with Gasteiger partial charge in [0, 0.05) is 32.2 Å². The Balaban J connectivity index is 1.92. The molecule has 1 aliphatic rings. The number of rotatable bonds is 2. The molecule has 1 N–H and O–H groups in total. The van der Waals surface area contributed by atoms with Crippen LogP contribution in [0.3, 0.4) is 0 Å². The summed E-state index contributed by atoms with van der Waals surface area (Å²) >= 11 is 5.27. The van der Waals surface area contributed by atoms with Crippen LogP contribution < -0.4 is 0 Å². The van der Waals surface area contributed by atoms with E-state index in [0.29, 0.717) is 0 Å². The van der Waals surface area contributed by atoms with Crippen molar-refractivity contribution in [1.82, 2.24) is 4.57 Å². The summed E-state index contributed by atoms with van der Waals surface area (Å²) in [5, 5.41) is 12.4. The second kappa shape index (κ2) is 4.76. The number of aliphatic hydroxyl groups is 1. The molecule has 2 aromatic rings. The number of nitrogens with zero attached hydrogens (tertiary/aromatic N) is 1. The number of hydrogen-bond donors (Lipinski definition) is 1. The molecule has 1 aliphatic carbocycles. The first kappa shape index (κ1) is 13.4. The quantitative estimate of drug-likeness (QED) is 0.863. The second-order valence-electron chi connectivity index (χ2n) is 6.14. The van der Waals surface area contributed by atoms with Crippen molar-refractivity contribution < 1.29 is 5.11 Å². The first-order valence-corrected chi connectivity index (χ1v) is 8.21. The van der Waals surface area contributed by atoms with Crippen LogP contribution in [0.5, 0.6) is 0 Å². The molecule has 1 atom stereocenters. The van der Waals surface area contributed by atoms with E-state index in [2.05, 4.69) is 58.1 Å². The summed E-state index contributed by atoms with van der Waals surface area (Å²) in [6, 6.07) is 4.25. The Hall–Kier alpha value is -0.580. The minimum atomic E-state index is -0.310. The molecule has 1 unspecified atom stereocenters. The van der Waals surface area contributed by atoms with Crippen molar-refractivity contribution >= 4 is 27.3 Å². The van der Waals surface area contributed by atoms with Gasteiger partial charge in [0.15, 0.2) is 0 Å². The van der Waals surface area contributed by atoms with Crippen LogP contribution in [0.1, 0.15) is 42.5 Å². The summed E-state index contributed by atoms with van der Waals surface area (Å²) in [5.41, 5.74) is 2.60. The highest BCUT2D eigenvalue weighted by Crippen LogP contribution is 2.41. The largest absolute Gasteiger partial charge is 0.388 e. The van der Waals surface area contributed by atoms with Gasteiger partial charge in [-0.3, -0.25) is 0 Å². The van der Waals surface area contributed by atoms with E-state index < -0.39 is 0 Å². The summed E-state index contributed by atoms with van der Waals surface area (Å²) in [6.07, 6.45) is 3.70. The molecule has 0 saturated heterocycles. The number of aliphatic hydroxyl groups excluding tert-OH is 1. The summed E-state index contributed by atoms with van der Waals surface area (Å²) in [7, 11) is 0. The lowest BCUT2D eigenvalue weighted by Gasteiger charge is -2.33. The average Bonchev–Trinajstić information content (AvgIpc) is 2.86. The van der Waals surface area contributed by atoms with Gasteiger partial charge in [0.2, 0.25) is 0 Å². The second-order valence-corrected chi connectivity index (χ2v) is 8.05. The third kappa shape index (κ3) is 2.67. The predicted octanol–water partition coefficient (Wildman–Crippen LogP) is 4.37. The van der Waals surface area contributed by atoms with Crippen molar-refractivity contribution in [2.24, 2.45) is 5.41 Å². The van der Waals surface area contributed by atoms with Gasteiger partial charge in [0.1, 0.15) is 0 Å². The highest BCUT2D eigenvalue weighted by molar-refractivity contribution is 9.10. The average molecular weight is 340 g/mol. The summed E-state index contributed by atoms with van der Waals surface area (Å²) in [4.78, 5) is 1.34. The van der Waals surface area contributed by atoms with Gasteiger partial charge in [-0.1, -0.05) is 13.8 Å². The van der Waals surface area contributed by atoms with Crippen LogP contribution in [0.2, 0.25) is 0 Å². The molecule has 0 fully saturated rings. The van der Waals surface area contributed by atoms with Gasteiger partial charge >= 0.3 is 0 Å². The molecule has 0 bridgehead atoms. The van der Waals surface area contributed by atoms with Crippen molar-refractivity contribution in [3.05, 3.63) is 44.3 Å². The van der Waals surface area contributed by atoms with E-state index in [-0.39, 0.29) is 11.5 Å². The molecular formula is C15H18BrNOS. The smallest absolute Gasteiger partial charge is 0.0812 e. The molecule has 2 aromatic heterocycles. The van der Waals surface area contributed by atoms with Crippen LogP contribution in [0.25, 0.3) is 0 Å². The minimum absolute atomic E-state index is 0.179. The van der Waals surface area contributed by atoms with E-state index in [0.717, 1.165) is 29.4 Å². The van der Waals surface area contributed by atoms with Crippen LogP contribution in [0.15, 0.2) is 28.2 Å². The highest BCUT2D eigenvalue weighted by atomic mass is 79.9. The van der Waals surface area contributed by atoms with Crippen molar-refractivity contribution in [2.45, 2.75) is 39.3 Å². The molecule has 0 saturated carbocycles. The fraction of sp³-hybridized carbons (Fsp3) is 0.467. The molecule has 3 rings (SSSR count). The van der Waals surface area contributed by atoms with E-state index in [1.54, 1.807) is 11.3 Å². The van der Waals surface area contributed by atoms with E-state index in [9.17, 15) is 5.11 Å². The van der Waals surface area contributed by atoms with Gasteiger partial charge in [0.05, 0.1) is 12.6 Å². The molecular weight excluding hydrogens is 322 g/mol. The lowest BCUT2D eigenvalue weighted by atomic mass is 9.75. The monoisotopic (exact) mass is 339 g/mol. The normalized spacial score (nSPS) is 21.4. The molecule has 0 spiro atoms. The van der Waals surface area contributed by atoms with Crippen molar-refractivity contribution in [3.8, 4) is 0 Å². The fourth-order valence-electron chi connectivity index (χ4n) is 2.94. The maximum atomic E-state index is 10.3. The molecule has 0 aromatic carbocycles. The molecule has 0 amide bonds. The number of halogens is 1. The van der Waals surface area contributed by atoms with Crippen LogP contribution in [0.4, 0.5) is 0 Å². The van der Waals surface area contributed by atoms with Crippen LogP contribution in [-0.2, 0) is 13.0 Å². The molecule has 19 heavy (non-hydrogen) atoms. The zero-order chi connectivity index (χ0) is 13.6. The topological polar surface area (TPSA) is 25.2 Å². The summed E-state index contributed by atoms with van der Waals surface area (Å²) in [6.45, 7) is 5.37. The van der Waals surface area contributed by atoms with Gasteiger partial charge in [-0.05, 0) is 46.3 Å². The Morgan fingerprint density at radius 3 is 3.00 bits per heavy atom. The van der Waals surface area contributed by atoms with Crippen molar-refractivity contribution in [1.29, 1.82) is 0 Å². The molecule has 4 heteroatoms. The molecule has 2 heterocycles. The molecule has 102 valence electrons. The zero-order valence-corrected chi connectivity index (χ0v) is 13.6. The maximum absolute atomic E-state index is 10.3. The van der Waals surface area contributed by atoms with Gasteiger partial charge < -0.3 is 9.67 Å². The Morgan fingerprint density at radius 2 is 2.32 bits per heavy atom. The number of fused-ring (bicyclic) bond motifs is 1. The van der Waals surface area contributed by atoms with E-state index in [4.69, 9.17) is 0 Å². The van der Waals surface area contributed by atoms with Crippen molar-refractivity contribution in [3.63, 3.8) is 0 Å². The first-order chi connectivity index (χ1) is 8.94. The molecule has 0 aliphatic heterocycles. The third-order valence-corrected chi connectivity index (χ3v) is 5.50. The Kier molecular flexibility index (Phi) is 3.36. The lowest BCUT2D eigenvalue weighted by molar-refractivity contribution is 0.0981. The Bertz CT molecular complexity index is 599. The standard InChI is InChI=1S/C15H18BrNOS/c1-15(2)6-13-12(14(18)7-15)3-4-17(13)8-11-5-10(16)9-19-11/h3-5,9,14,18H,6-8H2,1-2H3. The maximum Gasteiger partial charge on any atom is 0.0812 e. The predicted molar refractivity (Wildman–Crippen MR) is 82.6 cm³/mol. The summed E-state index contributed by atoms with van der Waals surface area (Å²) in [5.74, 6) is 0. The van der Waals surface area contributed by atoms with Crippen LogP contribution in [0, 0.1) is 5.41 Å². The van der Waals surface area contributed by atoms with Gasteiger partial charge in [-0.15, -0.1) is 11.3 Å². The van der Waals surface area contributed by atoms with E-state index >= 15 is 0 Å². The zero-order valence-electron chi connectivity index (χ0n) is 11.2. The number of thiophene rings is 1. The summed E-state index contributed by atoms with van der Waals surface area (Å²) < 4.78 is 3.44. The number of hydrogen-bond acceptors (Lipinski definition) is 2. The minimum Gasteiger partial charge on any atom is -0.388 e. The lowest BCUT2D eigenvalue weighted by Crippen LogP contribution is -2.26. The number of aromatic nitrogens is 1. The van der Waals surface area contributed by atoms with Crippen LogP contribution in [-0.4, -0.2) is 9.67 Å². The fourth-order valence-corrected chi connectivity index (χ4v) is 4.39. The van der Waals surface area contributed by atoms with E-state index in [1.807, 2.05) is 0 Å². The first-order valence-electron chi connectivity index (χ1n) is 6.53. The SMILES string of the molecule is CC1(C)Cc2c(ccn2Cc2cc(Br)cs2)C(O)C1. The van der Waals surface area contributed by atoms with Gasteiger partial charge in [-0.25, -0.2) is 0 Å². The van der Waals surface area contributed by atoms with Crippen molar-refractivity contribution in [2.75, 3.05) is 0 Å². The Labute approximate surface area is 126 Å². The molecule has 0 radical (unpaired) electrons. The van der Waals surface area contributed by atoms with Gasteiger partial charge in [-0.2, -0.15) is 0 Å². The van der Waals surface area contributed by atoms with E-state index in [1.165, 1.54) is 10.6 Å². The molecule has 2 nitrogen and oxygen atoms in total. The Morgan fingerprint density at radius 1 is 1.53 bits per heavy atom. The van der Waals surface area contributed by atoms with Crippen LogP contribution >= 0.6 is 27.3 Å². The van der Waals surface area contributed by atoms with Gasteiger partial charge in [0.25, 0.3) is 0 Å².